The van der Waals surface area contributed by atoms with Crippen LogP contribution in [0.5, 0.6) is 0 Å². The molecule has 0 aliphatic carbocycles. The van der Waals surface area contributed by atoms with Crippen molar-refractivity contribution in [1.82, 2.24) is 5.32 Å². The van der Waals surface area contributed by atoms with Crippen molar-refractivity contribution < 1.29 is 0 Å². The van der Waals surface area contributed by atoms with E-state index >= 15 is 0 Å². The van der Waals surface area contributed by atoms with Crippen LogP contribution in [0.3, 0.4) is 0 Å². The van der Waals surface area contributed by atoms with E-state index in [0.717, 1.165) is 29.8 Å². The van der Waals surface area contributed by atoms with Crippen LogP contribution < -0.4 is 5.32 Å². The molecule has 0 spiro atoms. The summed E-state index contributed by atoms with van der Waals surface area (Å²) in [6, 6.07) is 8.26. The highest BCUT2D eigenvalue weighted by molar-refractivity contribution is 9.10. The third kappa shape index (κ3) is 2.35. The maximum absolute atomic E-state index is 4.37. The van der Waals surface area contributed by atoms with Gasteiger partial charge in [0.05, 0.1) is 5.84 Å². The van der Waals surface area contributed by atoms with Gasteiger partial charge >= 0.3 is 0 Å². The lowest BCUT2D eigenvalue weighted by atomic mass is 10.2. The molecule has 74 valence electrons. The van der Waals surface area contributed by atoms with E-state index in [1.165, 1.54) is 12.0 Å². The molecule has 1 aliphatic rings. The van der Waals surface area contributed by atoms with Crippen LogP contribution in [0.2, 0.25) is 0 Å². The Balaban J connectivity index is 1.94. The largest absolute Gasteiger partial charge is 0.370 e. The second-order valence-electron chi connectivity index (χ2n) is 3.38. The van der Waals surface area contributed by atoms with Crippen molar-refractivity contribution in [3.63, 3.8) is 0 Å². The Morgan fingerprint density at radius 1 is 1.36 bits per heavy atom. The van der Waals surface area contributed by atoms with Crippen LogP contribution in [-0.2, 0) is 6.54 Å². The summed E-state index contributed by atoms with van der Waals surface area (Å²) in [6.07, 6.45) is 2.29. The van der Waals surface area contributed by atoms with Gasteiger partial charge in [-0.3, -0.25) is 4.99 Å². The number of nitrogens with zero attached hydrogens (tertiary/aromatic N) is 1. The number of halogens is 1. The van der Waals surface area contributed by atoms with Gasteiger partial charge in [-0.2, -0.15) is 0 Å². The zero-order valence-electron chi connectivity index (χ0n) is 7.96. The monoisotopic (exact) mass is 252 g/mol. The van der Waals surface area contributed by atoms with Crippen molar-refractivity contribution in [3.8, 4) is 0 Å². The minimum Gasteiger partial charge on any atom is -0.370 e. The van der Waals surface area contributed by atoms with Gasteiger partial charge in [-0.25, -0.2) is 0 Å². The van der Waals surface area contributed by atoms with E-state index in [0.29, 0.717) is 0 Å². The molecule has 14 heavy (non-hydrogen) atoms. The topological polar surface area (TPSA) is 24.4 Å². The molecule has 0 saturated heterocycles. The Bertz CT molecular complexity index is 347. The summed E-state index contributed by atoms with van der Waals surface area (Å²) < 4.78 is 1.16. The Labute approximate surface area is 92.6 Å². The molecule has 0 bridgehead atoms. The third-order valence-electron chi connectivity index (χ3n) is 2.32. The molecule has 2 rings (SSSR count). The zero-order valence-corrected chi connectivity index (χ0v) is 9.55. The SMILES string of the molecule is Brc1ccccc1CNC1=NCCC1. The summed E-state index contributed by atoms with van der Waals surface area (Å²) in [6.45, 7) is 1.85. The van der Waals surface area contributed by atoms with Crippen molar-refractivity contribution in [2.45, 2.75) is 19.4 Å². The van der Waals surface area contributed by atoms with Crippen LogP contribution in [0.25, 0.3) is 0 Å². The highest BCUT2D eigenvalue weighted by atomic mass is 79.9. The molecular weight excluding hydrogens is 240 g/mol. The second-order valence-corrected chi connectivity index (χ2v) is 4.23. The lowest BCUT2D eigenvalue weighted by Crippen LogP contribution is -2.20. The van der Waals surface area contributed by atoms with Gasteiger partial charge in [0, 0.05) is 24.0 Å². The molecule has 0 atom stereocenters. The molecule has 0 aromatic heterocycles. The van der Waals surface area contributed by atoms with Gasteiger partial charge in [-0.15, -0.1) is 0 Å². The summed E-state index contributed by atoms with van der Waals surface area (Å²) in [7, 11) is 0. The van der Waals surface area contributed by atoms with Gasteiger partial charge in [0.25, 0.3) is 0 Å². The molecule has 0 saturated carbocycles. The maximum atomic E-state index is 4.37. The van der Waals surface area contributed by atoms with Gasteiger partial charge in [-0.1, -0.05) is 34.1 Å². The quantitative estimate of drug-likeness (QED) is 0.861. The summed E-state index contributed by atoms with van der Waals surface area (Å²) in [5.74, 6) is 1.15. The fraction of sp³-hybridized carbons (Fsp3) is 0.364. The van der Waals surface area contributed by atoms with Crippen LogP contribution in [0.1, 0.15) is 18.4 Å². The minimum atomic E-state index is 0.861. The lowest BCUT2D eigenvalue weighted by molar-refractivity contribution is 0.885. The third-order valence-corrected chi connectivity index (χ3v) is 3.09. The van der Waals surface area contributed by atoms with Gasteiger partial charge in [0.15, 0.2) is 0 Å². The predicted molar refractivity (Wildman–Crippen MR) is 62.5 cm³/mol. The van der Waals surface area contributed by atoms with Gasteiger partial charge in [-0.05, 0) is 18.1 Å². The minimum absolute atomic E-state index is 0.861. The Kier molecular flexibility index (Phi) is 3.19. The number of rotatable bonds is 2. The fourth-order valence-corrected chi connectivity index (χ4v) is 1.95. The molecule has 1 aromatic carbocycles. The van der Waals surface area contributed by atoms with Crippen molar-refractivity contribution in [3.05, 3.63) is 34.3 Å². The highest BCUT2D eigenvalue weighted by Gasteiger charge is 2.05. The predicted octanol–water partition coefficient (Wildman–Crippen LogP) is 2.73. The van der Waals surface area contributed by atoms with Crippen molar-refractivity contribution in [1.29, 1.82) is 0 Å². The average molecular weight is 253 g/mol. The first-order chi connectivity index (χ1) is 6.86. The molecule has 3 heteroatoms. The van der Waals surface area contributed by atoms with E-state index in [4.69, 9.17) is 0 Å². The van der Waals surface area contributed by atoms with E-state index in [-0.39, 0.29) is 0 Å². The molecule has 1 N–H and O–H groups in total. The molecule has 1 aromatic rings. The Morgan fingerprint density at radius 3 is 2.93 bits per heavy atom. The van der Waals surface area contributed by atoms with Crippen LogP contribution >= 0.6 is 15.9 Å². The molecule has 0 amide bonds. The van der Waals surface area contributed by atoms with Crippen molar-refractivity contribution in [2.75, 3.05) is 6.54 Å². The van der Waals surface area contributed by atoms with Gasteiger partial charge < -0.3 is 5.32 Å². The first kappa shape index (κ1) is 9.71. The molecule has 0 unspecified atom stereocenters. The van der Waals surface area contributed by atoms with E-state index in [2.05, 4.69) is 44.4 Å². The molecule has 0 radical (unpaired) electrons. The lowest BCUT2D eigenvalue weighted by Gasteiger charge is -2.07. The number of hydrogen-bond donors (Lipinski definition) is 1. The first-order valence-corrected chi connectivity index (χ1v) is 5.66. The Morgan fingerprint density at radius 2 is 2.21 bits per heavy atom. The zero-order chi connectivity index (χ0) is 9.80. The summed E-state index contributed by atoms with van der Waals surface area (Å²) in [4.78, 5) is 4.37. The number of aliphatic imine (C=N–C) groups is 1. The summed E-state index contributed by atoms with van der Waals surface area (Å²) >= 11 is 3.53. The molecular formula is C11H13BrN2. The van der Waals surface area contributed by atoms with Crippen LogP contribution in [-0.4, -0.2) is 12.4 Å². The van der Waals surface area contributed by atoms with Crippen molar-refractivity contribution >= 4 is 21.8 Å². The Hall–Kier alpha value is -0.830. The van der Waals surface area contributed by atoms with E-state index in [1.807, 2.05) is 6.07 Å². The standard InChI is InChI=1S/C11H13BrN2/c12-10-5-2-1-4-9(10)8-14-11-6-3-7-13-11/h1-2,4-5H,3,6-8H2,(H,13,14). The molecule has 1 aliphatic heterocycles. The number of benzene rings is 1. The molecule has 2 nitrogen and oxygen atoms in total. The van der Waals surface area contributed by atoms with E-state index < -0.39 is 0 Å². The second kappa shape index (κ2) is 4.60. The van der Waals surface area contributed by atoms with Gasteiger partial charge in [0.2, 0.25) is 0 Å². The fourth-order valence-electron chi connectivity index (χ4n) is 1.52. The van der Waals surface area contributed by atoms with Crippen LogP contribution in [0.15, 0.2) is 33.7 Å². The van der Waals surface area contributed by atoms with Crippen LogP contribution in [0.4, 0.5) is 0 Å². The smallest absolute Gasteiger partial charge is 0.0966 e. The summed E-state index contributed by atoms with van der Waals surface area (Å²) in [5.41, 5.74) is 1.28. The van der Waals surface area contributed by atoms with Crippen molar-refractivity contribution in [2.24, 2.45) is 4.99 Å². The van der Waals surface area contributed by atoms with Crippen LogP contribution in [0, 0.1) is 0 Å². The maximum Gasteiger partial charge on any atom is 0.0966 e. The highest BCUT2D eigenvalue weighted by Crippen LogP contribution is 2.15. The normalized spacial score (nSPS) is 15.4. The first-order valence-electron chi connectivity index (χ1n) is 4.87. The average Bonchev–Trinajstić information content (AvgIpc) is 2.69. The summed E-state index contributed by atoms with van der Waals surface area (Å²) in [5, 5.41) is 3.36. The van der Waals surface area contributed by atoms with E-state index in [9.17, 15) is 0 Å². The number of nitrogens with one attached hydrogen (secondary N) is 1. The van der Waals surface area contributed by atoms with E-state index in [1.54, 1.807) is 0 Å². The van der Waals surface area contributed by atoms with Gasteiger partial charge in [0.1, 0.15) is 0 Å². The number of hydrogen-bond acceptors (Lipinski definition) is 2. The molecule has 1 heterocycles. The number of amidine groups is 1. The molecule has 0 fully saturated rings.